The fourth-order valence-electron chi connectivity index (χ4n) is 1.83. The molecule has 0 aliphatic heterocycles. The van der Waals surface area contributed by atoms with E-state index in [1.54, 1.807) is 6.20 Å². The van der Waals surface area contributed by atoms with Crippen LogP contribution < -0.4 is 11.1 Å². The first-order valence-corrected chi connectivity index (χ1v) is 6.62. The summed E-state index contributed by atoms with van der Waals surface area (Å²) < 4.78 is 0.962. The van der Waals surface area contributed by atoms with E-state index in [2.05, 4.69) is 45.3 Å². The van der Waals surface area contributed by atoms with Crippen LogP contribution in [0.1, 0.15) is 17.2 Å². The standard InChI is InChI=1S/C14H16BrN3/c1-10-3-2-4-13(5-10)18-14(7-16)11-6-12(15)9-17-8-11/h2-6,8-9,14,18H,7,16H2,1H3. The average molecular weight is 306 g/mol. The van der Waals surface area contributed by atoms with Crippen molar-refractivity contribution in [2.24, 2.45) is 5.73 Å². The zero-order chi connectivity index (χ0) is 13.0. The van der Waals surface area contributed by atoms with Crippen molar-refractivity contribution in [2.75, 3.05) is 11.9 Å². The van der Waals surface area contributed by atoms with Gasteiger partial charge in [0.25, 0.3) is 0 Å². The van der Waals surface area contributed by atoms with Gasteiger partial charge in [-0.05, 0) is 52.2 Å². The van der Waals surface area contributed by atoms with Gasteiger partial charge >= 0.3 is 0 Å². The highest BCUT2D eigenvalue weighted by Crippen LogP contribution is 2.21. The third-order valence-corrected chi connectivity index (χ3v) is 3.16. The van der Waals surface area contributed by atoms with E-state index < -0.39 is 0 Å². The maximum absolute atomic E-state index is 5.84. The molecule has 2 aromatic rings. The van der Waals surface area contributed by atoms with Crippen molar-refractivity contribution >= 4 is 21.6 Å². The third-order valence-electron chi connectivity index (χ3n) is 2.72. The van der Waals surface area contributed by atoms with Gasteiger partial charge in [0.05, 0.1) is 6.04 Å². The molecule has 0 spiro atoms. The maximum Gasteiger partial charge on any atom is 0.0651 e. The summed E-state index contributed by atoms with van der Waals surface area (Å²) in [5.41, 5.74) is 9.21. The van der Waals surface area contributed by atoms with Gasteiger partial charge in [-0.25, -0.2) is 0 Å². The van der Waals surface area contributed by atoms with E-state index in [1.807, 2.05) is 24.4 Å². The van der Waals surface area contributed by atoms with Crippen molar-refractivity contribution in [3.63, 3.8) is 0 Å². The molecule has 2 rings (SSSR count). The first-order valence-electron chi connectivity index (χ1n) is 5.83. The third kappa shape index (κ3) is 3.31. The molecule has 1 heterocycles. The van der Waals surface area contributed by atoms with Crippen LogP contribution in [0.4, 0.5) is 5.69 Å². The second-order valence-corrected chi connectivity index (χ2v) is 5.15. The summed E-state index contributed by atoms with van der Waals surface area (Å²) in [4.78, 5) is 4.17. The molecule has 1 aromatic carbocycles. The topological polar surface area (TPSA) is 50.9 Å². The van der Waals surface area contributed by atoms with Gasteiger partial charge < -0.3 is 11.1 Å². The summed E-state index contributed by atoms with van der Waals surface area (Å²) in [5.74, 6) is 0. The molecule has 1 atom stereocenters. The Labute approximate surface area is 116 Å². The Balaban J connectivity index is 2.19. The predicted molar refractivity (Wildman–Crippen MR) is 78.5 cm³/mol. The zero-order valence-electron chi connectivity index (χ0n) is 10.2. The quantitative estimate of drug-likeness (QED) is 0.911. The van der Waals surface area contributed by atoms with E-state index in [0.29, 0.717) is 6.54 Å². The van der Waals surface area contributed by atoms with Crippen molar-refractivity contribution < 1.29 is 0 Å². The summed E-state index contributed by atoms with van der Waals surface area (Å²) in [6.07, 6.45) is 3.61. The van der Waals surface area contributed by atoms with Gasteiger partial charge in [0, 0.05) is 29.1 Å². The van der Waals surface area contributed by atoms with Crippen molar-refractivity contribution in [2.45, 2.75) is 13.0 Å². The minimum absolute atomic E-state index is 0.0665. The van der Waals surface area contributed by atoms with Crippen LogP contribution in [-0.4, -0.2) is 11.5 Å². The van der Waals surface area contributed by atoms with Crippen LogP contribution in [0.25, 0.3) is 0 Å². The van der Waals surface area contributed by atoms with Gasteiger partial charge in [-0.1, -0.05) is 12.1 Å². The molecular formula is C14H16BrN3. The summed E-state index contributed by atoms with van der Waals surface area (Å²) in [6.45, 7) is 2.59. The molecule has 94 valence electrons. The Bertz CT molecular complexity index is 528. The lowest BCUT2D eigenvalue weighted by Gasteiger charge is -2.18. The molecule has 4 heteroatoms. The van der Waals surface area contributed by atoms with Gasteiger partial charge in [0.2, 0.25) is 0 Å². The lowest BCUT2D eigenvalue weighted by molar-refractivity contribution is 0.784. The van der Waals surface area contributed by atoms with Crippen LogP contribution in [0.3, 0.4) is 0 Å². The molecule has 1 aromatic heterocycles. The summed E-state index contributed by atoms with van der Waals surface area (Å²) in [5, 5.41) is 3.43. The molecule has 0 fully saturated rings. The Morgan fingerprint density at radius 3 is 2.83 bits per heavy atom. The number of pyridine rings is 1. The van der Waals surface area contributed by atoms with E-state index in [0.717, 1.165) is 15.7 Å². The summed E-state index contributed by atoms with van der Waals surface area (Å²) in [7, 11) is 0. The molecule has 3 N–H and O–H groups in total. The van der Waals surface area contributed by atoms with Crippen LogP contribution in [0.15, 0.2) is 47.2 Å². The molecule has 0 amide bonds. The average Bonchev–Trinajstić information content (AvgIpc) is 2.36. The van der Waals surface area contributed by atoms with E-state index >= 15 is 0 Å². The smallest absolute Gasteiger partial charge is 0.0651 e. The number of nitrogens with one attached hydrogen (secondary N) is 1. The van der Waals surface area contributed by atoms with Crippen LogP contribution in [0.2, 0.25) is 0 Å². The van der Waals surface area contributed by atoms with Crippen LogP contribution in [-0.2, 0) is 0 Å². The number of halogens is 1. The molecule has 0 saturated heterocycles. The van der Waals surface area contributed by atoms with Gasteiger partial charge in [-0.3, -0.25) is 4.98 Å². The van der Waals surface area contributed by atoms with Crippen LogP contribution >= 0.6 is 15.9 Å². The number of aromatic nitrogens is 1. The molecule has 18 heavy (non-hydrogen) atoms. The van der Waals surface area contributed by atoms with Crippen molar-refractivity contribution in [3.8, 4) is 0 Å². The number of hydrogen-bond acceptors (Lipinski definition) is 3. The first kappa shape index (κ1) is 13.1. The largest absolute Gasteiger partial charge is 0.377 e. The van der Waals surface area contributed by atoms with E-state index in [-0.39, 0.29) is 6.04 Å². The number of anilines is 1. The van der Waals surface area contributed by atoms with Crippen molar-refractivity contribution in [3.05, 3.63) is 58.3 Å². The Hall–Kier alpha value is -1.39. The Kier molecular flexibility index (Phi) is 4.33. The highest BCUT2D eigenvalue weighted by atomic mass is 79.9. The number of nitrogens with two attached hydrogens (primary N) is 1. The summed E-state index contributed by atoms with van der Waals surface area (Å²) >= 11 is 3.43. The lowest BCUT2D eigenvalue weighted by Crippen LogP contribution is -2.20. The van der Waals surface area contributed by atoms with Gasteiger partial charge in [-0.2, -0.15) is 0 Å². The van der Waals surface area contributed by atoms with Crippen LogP contribution in [0.5, 0.6) is 0 Å². The van der Waals surface area contributed by atoms with Gasteiger partial charge in [0.1, 0.15) is 0 Å². The number of benzene rings is 1. The summed E-state index contributed by atoms with van der Waals surface area (Å²) in [6, 6.07) is 10.4. The molecule has 0 saturated carbocycles. The molecular weight excluding hydrogens is 290 g/mol. The fourth-order valence-corrected chi connectivity index (χ4v) is 2.22. The predicted octanol–water partition coefficient (Wildman–Crippen LogP) is 3.26. The number of aryl methyl sites for hydroxylation is 1. The second-order valence-electron chi connectivity index (χ2n) is 4.24. The molecule has 0 aliphatic rings. The second kappa shape index (κ2) is 5.98. The maximum atomic E-state index is 5.84. The molecule has 0 aliphatic carbocycles. The van der Waals surface area contributed by atoms with Gasteiger partial charge in [-0.15, -0.1) is 0 Å². The number of rotatable bonds is 4. The minimum Gasteiger partial charge on any atom is -0.377 e. The van der Waals surface area contributed by atoms with E-state index in [1.165, 1.54) is 5.56 Å². The monoisotopic (exact) mass is 305 g/mol. The minimum atomic E-state index is 0.0665. The van der Waals surface area contributed by atoms with E-state index in [9.17, 15) is 0 Å². The highest BCUT2D eigenvalue weighted by molar-refractivity contribution is 9.10. The normalized spacial score (nSPS) is 12.2. The zero-order valence-corrected chi connectivity index (χ0v) is 11.8. The van der Waals surface area contributed by atoms with Crippen molar-refractivity contribution in [1.82, 2.24) is 4.98 Å². The van der Waals surface area contributed by atoms with Crippen LogP contribution in [0, 0.1) is 6.92 Å². The molecule has 0 radical (unpaired) electrons. The molecule has 1 unspecified atom stereocenters. The number of hydrogen-bond donors (Lipinski definition) is 2. The van der Waals surface area contributed by atoms with E-state index in [4.69, 9.17) is 5.73 Å². The fraction of sp³-hybridized carbons (Fsp3) is 0.214. The molecule has 3 nitrogen and oxygen atoms in total. The Morgan fingerprint density at radius 2 is 2.17 bits per heavy atom. The highest BCUT2D eigenvalue weighted by Gasteiger charge is 2.10. The van der Waals surface area contributed by atoms with Crippen molar-refractivity contribution in [1.29, 1.82) is 0 Å². The number of nitrogens with zero attached hydrogens (tertiary/aromatic N) is 1. The SMILES string of the molecule is Cc1cccc(NC(CN)c2cncc(Br)c2)c1. The van der Waals surface area contributed by atoms with Gasteiger partial charge in [0.15, 0.2) is 0 Å². The first-order chi connectivity index (χ1) is 8.69. The molecule has 0 bridgehead atoms. The lowest BCUT2D eigenvalue weighted by atomic mass is 10.1. The Morgan fingerprint density at radius 1 is 1.33 bits per heavy atom.